The minimum absolute atomic E-state index is 0.0102. The Morgan fingerprint density at radius 1 is 1.21 bits per heavy atom. The molecule has 0 aliphatic carbocycles. The molecule has 0 N–H and O–H groups in total. The highest BCUT2D eigenvalue weighted by atomic mass is 79.9. The highest BCUT2D eigenvalue weighted by Gasteiger charge is 2.33. The number of hydrogen-bond acceptors (Lipinski definition) is 5. The van der Waals surface area contributed by atoms with E-state index in [1.807, 2.05) is 0 Å². The number of sulfone groups is 1. The largest absolute Gasteiger partial charge is 0.417 e. The van der Waals surface area contributed by atoms with Gasteiger partial charge in [0.25, 0.3) is 0 Å². The minimum Gasteiger partial charge on any atom is -0.364 e. The smallest absolute Gasteiger partial charge is 0.364 e. The van der Waals surface area contributed by atoms with Crippen LogP contribution in [0, 0.1) is 0 Å². The maximum absolute atomic E-state index is 13.3. The van der Waals surface area contributed by atoms with Gasteiger partial charge >= 0.3 is 6.18 Å². The Hall–Kier alpha value is -2.21. The zero-order valence-corrected chi connectivity index (χ0v) is 20.4. The highest BCUT2D eigenvalue weighted by molar-refractivity contribution is 9.10. The lowest BCUT2D eigenvalue weighted by atomic mass is 10.1. The van der Waals surface area contributed by atoms with Crippen LogP contribution in [-0.4, -0.2) is 35.8 Å². The van der Waals surface area contributed by atoms with Gasteiger partial charge in [-0.15, -0.1) is 0 Å². The van der Waals surface area contributed by atoms with Gasteiger partial charge in [-0.3, -0.25) is 4.98 Å². The SMILES string of the molecule is CCS(=O)(=O)c1cc2ccc(Br)cc2nc1-c1c(Cl)c2ncc(C(F)(F)F)cc2n1COC. The summed E-state index contributed by atoms with van der Waals surface area (Å²) in [5.41, 5.74) is -0.255. The molecule has 0 saturated carbocycles. The quantitative estimate of drug-likeness (QED) is 0.295. The lowest BCUT2D eigenvalue weighted by molar-refractivity contribution is -0.137. The van der Waals surface area contributed by atoms with Gasteiger partial charge in [-0.1, -0.05) is 40.5 Å². The summed E-state index contributed by atoms with van der Waals surface area (Å²) in [5.74, 6) is -0.206. The number of methoxy groups -OCH3 is 1. The number of pyridine rings is 2. The van der Waals surface area contributed by atoms with E-state index in [0.29, 0.717) is 17.1 Å². The molecule has 4 aromatic rings. The van der Waals surface area contributed by atoms with E-state index in [2.05, 4.69) is 25.9 Å². The monoisotopic (exact) mass is 561 g/mol. The number of hydrogen-bond donors (Lipinski definition) is 0. The average Bonchev–Trinajstić information content (AvgIpc) is 3.03. The van der Waals surface area contributed by atoms with Crippen molar-refractivity contribution >= 4 is 59.3 Å². The van der Waals surface area contributed by atoms with Gasteiger partial charge < -0.3 is 9.30 Å². The lowest BCUT2D eigenvalue weighted by Gasteiger charge is -2.15. The summed E-state index contributed by atoms with van der Waals surface area (Å²) in [6.45, 7) is 1.29. The summed E-state index contributed by atoms with van der Waals surface area (Å²) in [6, 6.07) is 7.57. The van der Waals surface area contributed by atoms with Crippen LogP contribution in [0.15, 0.2) is 45.9 Å². The molecule has 0 aliphatic heterocycles. The maximum Gasteiger partial charge on any atom is 0.417 e. The molecular weight excluding hydrogens is 547 g/mol. The normalized spacial score (nSPS) is 12.7. The number of benzene rings is 1. The summed E-state index contributed by atoms with van der Waals surface area (Å²) in [4.78, 5) is 8.40. The van der Waals surface area contributed by atoms with Crippen LogP contribution in [0.1, 0.15) is 12.5 Å². The first kappa shape index (κ1) is 23.9. The van der Waals surface area contributed by atoms with Crippen LogP contribution in [0.5, 0.6) is 0 Å². The molecule has 4 rings (SSSR count). The van der Waals surface area contributed by atoms with E-state index in [9.17, 15) is 21.6 Å². The molecule has 0 radical (unpaired) electrons. The number of alkyl halides is 3. The van der Waals surface area contributed by atoms with Crippen LogP contribution in [-0.2, 0) is 27.5 Å². The van der Waals surface area contributed by atoms with Gasteiger partial charge in [0, 0.05) is 23.2 Å². The summed E-state index contributed by atoms with van der Waals surface area (Å²) < 4.78 is 73.3. The van der Waals surface area contributed by atoms with Crippen molar-refractivity contribution in [1.29, 1.82) is 0 Å². The molecule has 6 nitrogen and oxygen atoms in total. The fraction of sp³-hybridized carbons (Fsp3) is 0.238. The number of rotatable bonds is 5. The zero-order valence-electron chi connectivity index (χ0n) is 17.2. The van der Waals surface area contributed by atoms with Gasteiger partial charge in [0.15, 0.2) is 9.84 Å². The van der Waals surface area contributed by atoms with Crippen LogP contribution < -0.4 is 0 Å². The summed E-state index contributed by atoms with van der Waals surface area (Å²) in [5, 5.41) is 0.558. The topological polar surface area (TPSA) is 74.1 Å². The fourth-order valence-corrected chi connectivity index (χ4v) is 5.25. The van der Waals surface area contributed by atoms with Crippen molar-refractivity contribution in [1.82, 2.24) is 14.5 Å². The summed E-state index contributed by atoms with van der Waals surface area (Å²) in [7, 11) is -2.42. The average molecular weight is 563 g/mol. The number of nitrogens with zero attached hydrogens (tertiary/aromatic N) is 3. The van der Waals surface area contributed by atoms with Crippen molar-refractivity contribution in [2.75, 3.05) is 12.9 Å². The van der Waals surface area contributed by atoms with Crippen molar-refractivity contribution in [2.45, 2.75) is 24.7 Å². The third-order valence-corrected chi connectivity index (χ3v) is 7.71. The molecule has 1 aromatic carbocycles. The van der Waals surface area contributed by atoms with Crippen molar-refractivity contribution in [2.24, 2.45) is 0 Å². The molecule has 33 heavy (non-hydrogen) atoms. The first-order valence-electron chi connectivity index (χ1n) is 9.55. The first-order chi connectivity index (χ1) is 15.5. The van der Waals surface area contributed by atoms with E-state index in [4.69, 9.17) is 16.3 Å². The molecule has 3 aromatic heterocycles. The number of fused-ring (bicyclic) bond motifs is 2. The molecule has 0 atom stereocenters. The van der Waals surface area contributed by atoms with E-state index < -0.39 is 21.6 Å². The third kappa shape index (κ3) is 4.23. The molecule has 0 saturated heterocycles. The molecule has 0 bridgehead atoms. The van der Waals surface area contributed by atoms with Gasteiger partial charge in [0.1, 0.15) is 17.9 Å². The van der Waals surface area contributed by atoms with Crippen LogP contribution in [0.4, 0.5) is 13.2 Å². The van der Waals surface area contributed by atoms with E-state index in [0.717, 1.165) is 10.5 Å². The Balaban J connectivity index is 2.15. The Bertz CT molecular complexity index is 1500. The number of ether oxygens (including phenoxy) is 1. The van der Waals surface area contributed by atoms with Crippen LogP contribution in [0.2, 0.25) is 5.02 Å². The highest BCUT2D eigenvalue weighted by Crippen LogP contribution is 2.41. The Labute approximate surface area is 200 Å². The Kier molecular flexibility index (Phi) is 6.19. The summed E-state index contributed by atoms with van der Waals surface area (Å²) in [6.07, 6.45) is -3.94. The molecular formula is C21H16BrClF3N3O3S. The molecule has 174 valence electrons. The van der Waals surface area contributed by atoms with E-state index >= 15 is 0 Å². The van der Waals surface area contributed by atoms with Crippen LogP contribution in [0.25, 0.3) is 33.3 Å². The van der Waals surface area contributed by atoms with Gasteiger partial charge in [-0.2, -0.15) is 13.2 Å². The van der Waals surface area contributed by atoms with E-state index in [1.54, 1.807) is 18.2 Å². The Morgan fingerprint density at radius 2 is 1.94 bits per heavy atom. The zero-order chi connectivity index (χ0) is 24.1. The van der Waals surface area contributed by atoms with Gasteiger partial charge in [0.2, 0.25) is 0 Å². The predicted octanol–water partition coefficient (Wildman–Crippen LogP) is 6.08. The van der Waals surface area contributed by atoms with Gasteiger partial charge in [-0.25, -0.2) is 13.4 Å². The first-order valence-corrected chi connectivity index (χ1v) is 12.4. The number of aromatic nitrogens is 3. The van der Waals surface area contributed by atoms with Crippen LogP contribution >= 0.6 is 27.5 Å². The molecule has 0 fully saturated rings. The van der Waals surface area contributed by atoms with E-state index in [1.165, 1.54) is 24.7 Å². The van der Waals surface area contributed by atoms with Crippen LogP contribution in [0.3, 0.4) is 0 Å². The number of halogens is 5. The molecule has 12 heteroatoms. The second-order valence-electron chi connectivity index (χ2n) is 7.17. The molecule has 0 amide bonds. The lowest BCUT2D eigenvalue weighted by Crippen LogP contribution is -2.10. The molecule has 0 aliphatic rings. The van der Waals surface area contributed by atoms with Crippen molar-refractivity contribution in [3.8, 4) is 11.4 Å². The second kappa shape index (κ2) is 8.53. The molecule has 3 heterocycles. The minimum atomic E-state index is -4.62. The van der Waals surface area contributed by atoms with Crippen molar-refractivity contribution < 1.29 is 26.3 Å². The summed E-state index contributed by atoms with van der Waals surface area (Å²) >= 11 is 9.95. The molecule has 0 unspecified atom stereocenters. The van der Waals surface area contributed by atoms with Gasteiger partial charge in [0.05, 0.1) is 38.0 Å². The fourth-order valence-electron chi connectivity index (χ4n) is 3.51. The van der Waals surface area contributed by atoms with E-state index in [-0.39, 0.29) is 44.8 Å². The Morgan fingerprint density at radius 3 is 2.58 bits per heavy atom. The van der Waals surface area contributed by atoms with Crippen molar-refractivity contribution in [3.05, 3.63) is 51.6 Å². The molecule has 0 spiro atoms. The second-order valence-corrected chi connectivity index (χ2v) is 10.7. The van der Waals surface area contributed by atoms with Crippen molar-refractivity contribution in [3.63, 3.8) is 0 Å². The predicted molar refractivity (Wildman–Crippen MR) is 123 cm³/mol. The third-order valence-electron chi connectivity index (χ3n) is 5.11. The van der Waals surface area contributed by atoms with Gasteiger partial charge in [-0.05, 0) is 24.3 Å². The maximum atomic E-state index is 13.3. The standard InChI is InChI=1S/C21H16BrClF3N3O3S/c1-3-33(30,31)16-6-11-4-5-13(22)8-14(11)28-19(16)20-17(23)18-15(29(20)10-32-2)7-12(9-27-18)21(24,25)26/h4-9H,3,10H2,1-2H3.